The highest BCUT2D eigenvalue weighted by molar-refractivity contribution is 7.99. The summed E-state index contributed by atoms with van der Waals surface area (Å²) in [6.07, 6.45) is 1.69. The predicted octanol–water partition coefficient (Wildman–Crippen LogP) is 2.32. The molecule has 0 aliphatic rings. The maximum atomic E-state index is 11.8. The molecule has 0 aliphatic carbocycles. The van der Waals surface area contributed by atoms with Crippen LogP contribution in [0.5, 0.6) is 0 Å². The van der Waals surface area contributed by atoms with Crippen LogP contribution in [0.3, 0.4) is 0 Å². The van der Waals surface area contributed by atoms with Crippen molar-refractivity contribution >= 4 is 15.4 Å². The molecular formula is C11H16OS. The number of hydrogen-bond donors (Lipinski definition) is 0. The minimum Gasteiger partial charge on any atom is -0.263 e. The number of benzene rings is 1. The van der Waals surface area contributed by atoms with Crippen LogP contribution in [0.15, 0.2) is 17.0 Å². The molecule has 0 aliphatic heterocycles. The summed E-state index contributed by atoms with van der Waals surface area (Å²) >= 11 is 0. The lowest BCUT2D eigenvalue weighted by atomic mass is 10.1. The molecule has 0 radical (unpaired) electrons. The minimum atomic E-state index is -2.08. The summed E-state index contributed by atoms with van der Waals surface area (Å²) in [5.74, 6) is 3.72. The van der Waals surface area contributed by atoms with Crippen molar-refractivity contribution in [3.63, 3.8) is 0 Å². The lowest BCUT2D eigenvalue weighted by Crippen LogP contribution is -2.03. The van der Waals surface area contributed by atoms with E-state index in [1.165, 1.54) is 5.56 Å². The summed E-state index contributed by atoms with van der Waals surface area (Å²) in [5, 5.41) is 0. The summed E-state index contributed by atoms with van der Waals surface area (Å²) in [6.45, 7) is 6.03. The van der Waals surface area contributed by atoms with Gasteiger partial charge in [-0.25, -0.2) is 0 Å². The van der Waals surface area contributed by atoms with Gasteiger partial charge in [-0.2, -0.15) is 0 Å². The van der Waals surface area contributed by atoms with Crippen LogP contribution in [0, 0.1) is 20.8 Å². The molecule has 1 rings (SSSR count). The van der Waals surface area contributed by atoms with E-state index in [0.717, 1.165) is 16.0 Å². The van der Waals surface area contributed by atoms with E-state index < -0.39 is 9.52 Å². The SMILES string of the molecule is C=S(C)(=O)c1c(C)cc(C)cc1C. The van der Waals surface area contributed by atoms with Crippen LogP contribution in [-0.2, 0) is 9.52 Å². The highest BCUT2D eigenvalue weighted by Gasteiger charge is 2.08. The maximum absolute atomic E-state index is 11.8. The second-order valence-electron chi connectivity index (χ2n) is 3.73. The molecule has 0 bridgehead atoms. The van der Waals surface area contributed by atoms with Crippen molar-refractivity contribution in [2.24, 2.45) is 0 Å². The van der Waals surface area contributed by atoms with Crippen molar-refractivity contribution in [2.45, 2.75) is 25.7 Å². The molecule has 0 saturated carbocycles. The second-order valence-corrected chi connectivity index (χ2v) is 6.15. The van der Waals surface area contributed by atoms with Crippen LogP contribution in [0.2, 0.25) is 0 Å². The first-order valence-electron chi connectivity index (χ1n) is 4.22. The third-order valence-electron chi connectivity index (χ3n) is 2.04. The first-order valence-corrected chi connectivity index (χ1v) is 6.36. The standard InChI is InChI=1S/C11H16OS/c1-8-6-9(2)11(10(3)7-8)13(4,5)12/h6-7H,4H2,1-3,5H3. The molecule has 0 fully saturated rings. The Kier molecular flexibility index (Phi) is 2.53. The van der Waals surface area contributed by atoms with Gasteiger partial charge in [0.25, 0.3) is 0 Å². The van der Waals surface area contributed by atoms with Crippen molar-refractivity contribution < 1.29 is 4.21 Å². The molecule has 1 nitrogen and oxygen atoms in total. The molecule has 0 spiro atoms. The zero-order chi connectivity index (χ0) is 10.2. The van der Waals surface area contributed by atoms with Gasteiger partial charge < -0.3 is 0 Å². The van der Waals surface area contributed by atoms with Crippen LogP contribution in [0.4, 0.5) is 0 Å². The third kappa shape index (κ3) is 2.13. The molecule has 0 heterocycles. The molecule has 0 amide bonds. The molecule has 0 N–H and O–H groups in total. The van der Waals surface area contributed by atoms with E-state index in [1.54, 1.807) is 6.26 Å². The second kappa shape index (κ2) is 3.18. The molecule has 2 heteroatoms. The van der Waals surface area contributed by atoms with Gasteiger partial charge >= 0.3 is 0 Å². The third-order valence-corrected chi connectivity index (χ3v) is 3.54. The average molecular weight is 196 g/mol. The van der Waals surface area contributed by atoms with Gasteiger partial charge in [-0.05, 0) is 47.3 Å². The Labute approximate surface area is 80.8 Å². The van der Waals surface area contributed by atoms with Crippen molar-refractivity contribution in [3.8, 4) is 0 Å². The van der Waals surface area contributed by atoms with Crippen molar-refractivity contribution in [2.75, 3.05) is 6.26 Å². The smallest absolute Gasteiger partial charge is 0.0360 e. The molecule has 0 saturated heterocycles. The molecule has 1 unspecified atom stereocenters. The van der Waals surface area contributed by atoms with E-state index in [1.807, 2.05) is 20.8 Å². The van der Waals surface area contributed by atoms with Gasteiger partial charge in [-0.3, -0.25) is 4.21 Å². The number of hydrogen-bond acceptors (Lipinski definition) is 1. The Morgan fingerprint density at radius 1 is 1.15 bits per heavy atom. The highest BCUT2D eigenvalue weighted by Crippen LogP contribution is 2.21. The minimum absolute atomic E-state index is 0.915. The topological polar surface area (TPSA) is 17.1 Å². The molecule has 1 aromatic carbocycles. The van der Waals surface area contributed by atoms with E-state index >= 15 is 0 Å². The van der Waals surface area contributed by atoms with Gasteiger partial charge in [0.1, 0.15) is 0 Å². The Bertz CT molecular complexity index is 404. The first kappa shape index (κ1) is 10.3. The molecule has 0 aromatic heterocycles. The van der Waals surface area contributed by atoms with E-state index in [9.17, 15) is 4.21 Å². The van der Waals surface area contributed by atoms with E-state index in [0.29, 0.717) is 0 Å². The maximum Gasteiger partial charge on any atom is 0.0360 e. The molecule has 1 atom stereocenters. The Morgan fingerprint density at radius 3 is 1.85 bits per heavy atom. The summed E-state index contributed by atoms with van der Waals surface area (Å²) in [7, 11) is -2.08. The Balaban J connectivity index is 3.57. The van der Waals surface area contributed by atoms with Crippen LogP contribution < -0.4 is 0 Å². The predicted molar refractivity (Wildman–Crippen MR) is 60.1 cm³/mol. The molecule has 1 aromatic rings. The van der Waals surface area contributed by atoms with Crippen LogP contribution in [0.25, 0.3) is 0 Å². The monoisotopic (exact) mass is 196 g/mol. The van der Waals surface area contributed by atoms with Gasteiger partial charge in [0, 0.05) is 11.2 Å². The highest BCUT2D eigenvalue weighted by atomic mass is 32.2. The van der Waals surface area contributed by atoms with E-state index in [-0.39, 0.29) is 0 Å². The molecule has 13 heavy (non-hydrogen) atoms. The normalized spacial score (nSPS) is 15.4. The van der Waals surface area contributed by atoms with E-state index in [4.69, 9.17) is 0 Å². The zero-order valence-corrected chi connectivity index (χ0v) is 9.49. The fourth-order valence-electron chi connectivity index (χ4n) is 1.85. The summed E-state index contributed by atoms with van der Waals surface area (Å²) < 4.78 is 11.8. The van der Waals surface area contributed by atoms with Gasteiger partial charge in [0.05, 0.1) is 0 Å². The van der Waals surface area contributed by atoms with Crippen molar-refractivity contribution in [3.05, 3.63) is 28.8 Å². The van der Waals surface area contributed by atoms with Gasteiger partial charge in [-0.1, -0.05) is 17.7 Å². The average Bonchev–Trinajstić information content (AvgIpc) is 1.78. The van der Waals surface area contributed by atoms with Crippen molar-refractivity contribution in [1.29, 1.82) is 0 Å². The fraction of sp³-hybridized carbons (Fsp3) is 0.364. The molecule has 72 valence electrons. The number of rotatable bonds is 1. The first-order chi connectivity index (χ1) is 5.82. The van der Waals surface area contributed by atoms with Crippen LogP contribution >= 0.6 is 0 Å². The quantitative estimate of drug-likeness (QED) is 0.630. The van der Waals surface area contributed by atoms with Gasteiger partial charge in [-0.15, -0.1) is 0 Å². The summed E-state index contributed by atoms with van der Waals surface area (Å²) in [4.78, 5) is 0.915. The Morgan fingerprint density at radius 2 is 1.54 bits per heavy atom. The van der Waals surface area contributed by atoms with Crippen LogP contribution in [0.1, 0.15) is 16.7 Å². The summed E-state index contributed by atoms with van der Waals surface area (Å²) in [5.41, 5.74) is 3.38. The summed E-state index contributed by atoms with van der Waals surface area (Å²) in [6, 6.07) is 4.10. The van der Waals surface area contributed by atoms with Crippen molar-refractivity contribution in [1.82, 2.24) is 0 Å². The van der Waals surface area contributed by atoms with Gasteiger partial charge in [0.15, 0.2) is 0 Å². The fourth-order valence-corrected chi connectivity index (χ4v) is 3.33. The van der Waals surface area contributed by atoms with Gasteiger partial charge in [0.2, 0.25) is 0 Å². The lowest BCUT2D eigenvalue weighted by Gasteiger charge is -2.11. The lowest BCUT2D eigenvalue weighted by molar-refractivity contribution is 0.684. The largest absolute Gasteiger partial charge is 0.263 e. The number of aryl methyl sites for hydroxylation is 3. The van der Waals surface area contributed by atoms with E-state index in [2.05, 4.69) is 18.0 Å². The molecular weight excluding hydrogens is 180 g/mol. The van der Waals surface area contributed by atoms with Crippen LogP contribution in [-0.4, -0.2) is 16.3 Å². The zero-order valence-electron chi connectivity index (χ0n) is 8.68. The Hall–Kier alpha value is -0.760.